The van der Waals surface area contributed by atoms with E-state index in [0.29, 0.717) is 16.7 Å². The van der Waals surface area contributed by atoms with Gasteiger partial charge in [0.25, 0.3) is 0 Å². The van der Waals surface area contributed by atoms with Crippen LogP contribution in [0.15, 0.2) is 35.2 Å². The number of piperidine rings is 1. The molecule has 0 unspecified atom stereocenters. The van der Waals surface area contributed by atoms with Crippen molar-refractivity contribution in [2.75, 3.05) is 18.4 Å². The lowest BCUT2D eigenvalue weighted by Crippen LogP contribution is -2.38. The largest absolute Gasteiger partial charge is 0.416 e. The van der Waals surface area contributed by atoms with Crippen LogP contribution in [0.3, 0.4) is 0 Å². The Morgan fingerprint density at radius 2 is 1.97 bits per heavy atom. The molecule has 0 bridgehead atoms. The first-order chi connectivity index (χ1) is 13.8. The lowest BCUT2D eigenvalue weighted by Gasteiger charge is -2.32. The maximum atomic E-state index is 12.9. The number of hydrogen-bond acceptors (Lipinski definition) is 5. The van der Waals surface area contributed by atoms with Crippen molar-refractivity contribution in [2.24, 2.45) is 7.05 Å². The molecule has 0 saturated carbocycles. The monoisotopic (exact) mass is 468 g/mol. The molecule has 6 nitrogen and oxygen atoms in total. The molecule has 29 heavy (non-hydrogen) atoms. The van der Waals surface area contributed by atoms with Crippen LogP contribution >= 0.6 is 15.9 Å². The van der Waals surface area contributed by atoms with E-state index >= 15 is 0 Å². The molecule has 0 amide bonds. The van der Waals surface area contributed by atoms with Gasteiger partial charge in [-0.15, -0.1) is 0 Å². The predicted molar refractivity (Wildman–Crippen MR) is 107 cm³/mol. The smallest absolute Gasteiger partial charge is 0.366 e. The van der Waals surface area contributed by atoms with Crippen molar-refractivity contribution in [1.29, 1.82) is 0 Å². The van der Waals surface area contributed by atoms with Gasteiger partial charge in [-0.1, -0.05) is 18.2 Å². The molecule has 2 aromatic heterocycles. The van der Waals surface area contributed by atoms with Crippen molar-refractivity contribution in [2.45, 2.75) is 31.6 Å². The zero-order valence-electron chi connectivity index (χ0n) is 15.7. The van der Waals surface area contributed by atoms with Gasteiger partial charge in [-0.3, -0.25) is 4.90 Å². The minimum absolute atomic E-state index is 0.234. The van der Waals surface area contributed by atoms with Gasteiger partial charge in [0.2, 0.25) is 0 Å². The van der Waals surface area contributed by atoms with Gasteiger partial charge in [-0.05, 0) is 40.4 Å². The molecule has 1 aromatic carbocycles. The fourth-order valence-electron chi connectivity index (χ4n) is 3.68. The summed E-state index contributed by atoms with van der Waals surface area (Å²) in [5, 5.41) is 8.66. The van der Waals surface area contributed by atoms with E-state index in [1.165, 1.54) is 18.5 Å². The maximum Gasteiger partial charge on any atom is 0.416 e. The summed E-state index contributed by atoms with van der Waals surface area (Å²) in [4.78, 5) is 10.8. The molecule has 1 aliphatic heterocycles. The number of nitrogens with one attached hydrogen (secondary N) is 1. The van der Waals surface area contributed by atoms with Crippen LogP contribution in [0.4, 0.5) is 19.0 Å². The molecule has 0 atom stereocenters. The van der Waals surface area contributed by atoms with Crippen molar-refractivity contribution in [3.05, 3.63) is 46.3 Å². The highest BCUT2D eigenvalue weighted by molar-refractivity contribution is 9.10. The molecule has 1 aliphatic rings. The third-order valence-electron chi connectivity index (χ3n) is 5.17. The number of benzene rings is 1. The van der Waals surface area contributed by atoms with Gasteiger partial charge in [0.1, 0.15) is 16.7 Å². The highest BCUT2D eigenvalue weighted by atomic mass is 79.9. The Morgan fingerprint density at radius 1 is 1.21 bits per heavy atom. The third-order valence-corrected chi connectivity index (χ3v) is 5.72. The van der Waals surface area contributed by atoms with Crippen molar-refractivity contribution in [3.63, 3.8) is 0 Å². The molecule has 0 spiro atoms. The standard InChI is InChI=1S/C19H20BrF3N6/c1-28-18-15(16(20)27-28)17(24-11-25-18)26-14-5-7-29(8-6-14)10-12-3-2-4-13(9-12)19(21,22)23/h2-4,9,11,14H,5-8,10H2,1H3,(H,24,25,26). The second kappa shape index (κ2) is 7.91. The van der Waals surface area contributed by atoms with Crippen LogP contribution in [0.5, 0.6) is 0 Å². The summed E-state index contributed by atoms with van der Waals surface area (Å²) in [6.45, 7) is 2.12. The van der Waals surface area contributed by atoms with Crippen LogP contribution in [0.1, 0.15) is 24.0 Å². The molecule has 0 radical (unpaired) electrons. The average molecular weight is 469 g/mol. The maximum absolute atomic E-state index is 12.9. The van der Waals surface area contributed by atoms with Crippen molar-refractivity contribution >= 4 is 32.8 Å². The van der Waals surface area contributed by atoms with E-state index in [4.69, 9.17) is 0 Å². The summed E-state index contributed by atoms with van der Waals surface area (Å²) in [7, 11) is 1.83. The van der Waals surface area contributed by atoms with E-state index in [1.54, 1.807) is 10.7 Å². The van der Waals surface area contributed by atoms with Crippen LogP contribution in [0.25, 0.3) is 11.0 Å². The van der Waals surface area contributed by atoms with Crippen molar-refractivity contribution in [1.82, 2.24) is 24.6 Å². The second-order valence-electron chi connectivity index (χ2n) is 7.23. The quantitative estimate of drug-likeness (QED) is 0.620. The Morgan fingerprint density at radius 3 is 2.69 bits per heavy atom. The first-order valence-electron chi connectivity index (χ1n) is 9.29. The highest BCUT2D eigenvalue weighted by Gasteiger charge is 2.30. The van der Waals surface area contributed by atoms with E-state index in [0.717, 1.165) is 48.8 Å². The first kappa shape index (κ1) is 20.1. The Labute approximate surface area is 174 Å². The molecule has 1 N–H and O–H groups in total. The third kappa shape index (κ3) is 4.37. The molecule has 3 heterocycles. The number of aryl methyl sites for hydroxylation is 1. The lowest BCUT2D eigenvalue weighted by molar-refractivity contribution is -0.137. The molecule has 1 fully saturated rings. The van der Waals surface area contributed by atoms with Crippen LogP contribution in [-0.4, -0.2) is 43.8 Å². The zero-order valence-corrected chi connectivity index (χ0v) is 17.3. The number of nitrogens with zero attached hydrogens (tertiary/aromatic N) is 5. The zero-order chi connectivity index (χ0) is 20.6. The Bertz CT molecular complexity index is 1010. The van der Waals surface area contributed by atoms with E-state index in [2.05, 4.69) is 41.2 Å². The molecule has 3 aromatic rings. The van der Waals surface area contributed by atoms with Crippen LogP contribution in [0, 0.1) is 0 Å². The molecule has 0 aliphatic carbocycles. The van der Waals surface area contributed by atoms with E-state index in [9.17, 15) is 13.2 Å². The Kier molecular flexibility index (Phi) is 5.48. The number of fused-ring (bicyclic) bond motifs is 1. The van der Waals surface area contributed by atoms with Gasteiger partial charge in [0.15, 0.2) is 5.65 Å². The van der Waals surface area contributed by atoms with Crippen molar-refractivity contribution < 1.29 is 13.2 Å². The van der Waals surface area contributed by atoms with Crippen LogP contribution in [0.2, 0.25) is 0 Å². The molecule has 4 rings (SSSR count). The van der Waals surface area contributed by atoms with Gasteiger partial charge in [0, 0.05) is 32.7 Å². The SMILES string of the molecule is Cn1nc(Br)c2c(NC3CCN(Cc4cccc(C(F)(F)F)c4)CC3)ncnc21. The first-order valence-corrected chi connectivity index (χ1v) is 10.1. The number of anilines is 1. The molecular weight excluding hydrogens is 449 g/mol. The van der Waals surface area contributed by atoms with E-state index < -0.39 is 11.7 Å². The number of hydrogen-bond donors (Lipinski definition) is 1. The highest BCUT2D eigenvalue weighted by Crippen LogP contribution is 2.31. The van der Waals surface area contributed by atoms with E-state index in [-0.39, 0.29) is 6.04 Å². The average Bonchev–Trinajstić information content (AvgIpc) is 2.98. The molecular formula is C19H20BrF3N6. The summed E-state index contributed by atoms with van der Waals surface area (Å²) in [5.41, 5.74) is 0.834. The minimum atomic E-state index is -4.31. The van der Waals surface area contributed by atoms with Gasteiger partial charge >= 0.3 is 6.18 Å². The summed E-state index contributed by atoms with van der Waals surface area (Å²) >= 11 is 3.46. The van der Waals surface area contributed by atoms with Gasteiger partial charge in [0.05, 0.1) is 10.9 Å². The van der Waals surface area contributed by atoms with E-state index in [1.807, 2.05) is 7.05 Å². The second-order valence-corrected chi connectivity index (χ2v) is 7.98. The van der Waals surface area contributed by atoms with Gasteiger partial charge < -0.3 is 5.32 Å². The molecule has 154 valence electrons. The molecule has 10 heteroatoms. The van der Waals surface area contributed by atoms with Crippen molar-refractivity contribution in [3.8, 4) is 0 Å². The summed E-state index contributed by atoms with van der Waals surface area (Å²) < 4.78 is 41.1. The predicted octanol–water partition coefficient (Wildman–Crippen LogP) is 4.22. The van der Waals surface area contributed by atoms with Crippen LogP contribution < -0.4 is 5.32 Å². The van der Waals surface area contributed by atoms with Crippen LogP contribution in [-0.2, 0) is 19.8 Å². The Balaban J connectivity index is 1.38. The van der Waals surface area contributed by atoms with Gasteiger partial charge in [-0.2, -0.15) is 18.3 Å². The number of alkyl halides is 3. The normalized spacial score (nSPS) is 16.4. The summed E-state index contributed by atoms with van der Waals surface area (Å²) in [6.07, 6.45) is -1.04. The topological polar surface area (TPSA) is 58.9 Å². The minimum Gasteiger partial charge on any atom is -0.366 e. The fraction of sp³-hybridized carbons (Fsp3) is 0.421. The number of rotatable bonds is 4. The Hall–Kier alpha value is -2.20. The lowest BCUT2D eigenvalue weighted by atomic mass is 10.0. The number of halogens is 4. The summed E-state index contributed by atoms with van der Waals surface area (Å²) in [5.74, 6) is 0.742. The molecule has 1 saturated heterocycles. The number of aromatic nitrogens is 4. The number of likely N-dealkylation sites (tertiary alicyclic amines) is 1. The van der Waals surface area contributed by atoms with Gasteiger partial charge in [-0.25, -0.2) is 14.6 Å². The fourth-order valence-corrected chi connectivity index (χ4v) is 4.29. The summed E-state index contributed by atoms with van der Waals surface area (Å²) in [6, 6.07) is 5.80.